The molecule has 1 aliphatic rings. The van der Waals surface area contributed by atoms with Crippen LogP contribution in [0.1, 0.15) is 18.1 Å². The highest BCUT2D eigenvalue weighted by molar-refractivity contribution is 6.04. The second kappa shape index (κ2) is 8.93. The zero-order chi connectivity index (χ0) is 22.7. The minimum Gasteiger partial charge on any atom is -0.497 e. The monoisotopic (exact) mass is 427 g/mol. The Morgan fingerprint density at radius 2 is 2.00 bits per heavy atom. The fourth-order valence-corrected chi connectivity index (χ4v) is 3.60. The molecule has 2 aromatic heterocycles. The number of ether oxygens (including phenoxy) is 1. The average Bonchev–Trinajstić information content (AvgIpc) is 3.35. The van der Waals surface area contributed by atoms with E-state index in [9.17, 15) is 4.79 Å². The minimum absolute atomic E-state index is 0.100. The molecule has 0 bridgehead atoms. The Labute approximate surface area is 186 Å². The molecule has 0 saturated carbocycles. The summed E-state index contributed by atoms with van der Waals surface area (Å²) in [5.41, 5.74) is 11.1. The molecule has 7 nitrogen and oxygen atoms in total. The second-order valence-corrected chi connectivity index (χ2v) is 7.45. The van der Waals surface area contributed by atoms with Crippen molar-refractivity contribution in [2.45, 2.75) is 13.5 Å². The molecule has 1 aromatic carbocycles. The number of benzene rings is 1. The molecule has 2 N–H and O–H groups in total. The van der Waals surface area contributed by atoms with Crippen LogP contribution >= 0.6 is 0 Å². The van der Waals surface area contributed by atoms with Gasteiger partial charge in [-0.05, 0) is 60.0 Å². The first-order valence-electron chi connectivity index (χ1n) is 10.2. The zero-order valence-corrected chi connectivity index (χ0v) is 18.3. The number of imidazole rings is 1. The lowest BCUT2D eigenvalue weighted by Crippen LogP contribution is -2.23. The van der Waals surface area contributed by atoms with Gasteiger partial charge in [-0.2, -0.15) is 0 Å². The van der Waals surface area contributed by atoms with Crippen LogP contribution in [0.5, 0.6) is 5.75 Å². The first kappa shape index (κ1) is 21.1. The predicted molar refractivity (Wildman–Crippen MR) is 127 cm³/mol. The first-order chi connectivity index (χ1) is 15.5. The van der Waals surface area contributed by atoms with Crippen molar-refractivity contribution in [2.75, 3.05) is 7.11 Å². The molecule has 3 heterocycles. The van der Waals surface area contributed by atoms with Crippen LogP contribution in [-0.4, -0.2) is 27.1 Å². The van der Waals surface area contributed by atoms with E-state index in [1.807, 2.05) is 67.7 Å². The van der Waals surface area contributed by atoms with Crippen molar-refractivity contribution in [3.05, 3.63) is 100 Å². The Morgan fingerprint density at radius 1 is 1.22 bits per heavy atom. The summed E-state index contributed by atoms with van der Waals surface area (Å²) in [4.78, 5) is 21.5. The summed E-state index contributed by atoms with van der Waals surface area (Å²) in [5.74, 6) is 1.27. The average molecular weight is 428 g/mol. The summed E-state index contributed by atoms with van der Waals surface area (Å²) in [5, 5.41) is 0. The number of aromatic nitrogens is 3. The van der Waals surface area contributed by atoms with Gasteiger partial charge in [-0.1, -0.05) is 18.2 Å². The van der Waals surface area contributed by atoms with Gasteiger partial charge in [0.2, 0.25) is 0 Å². The molecule has 0 atom stereocenters. The van der Waals surface area contributed by atoms with E-state index in [1.54, 1.807) is 35.7 Å². The molecule has 0 fully saturated rings. The van der Waals surface area contributed by atoms with Crippen molar-refractivity contribution in [1.82, 2.24) is 14.1 Å². The molecule has 0 aliphatic carbocycles. The number of hydrogen-bond acceptors (Lipinski definition) is 5. The van der Waals surface area contributed by atoms with Gasteiger partial charge < -0.3 is 15.0 Å². The van der Waals surface area contributed by atoms with Crippen molar-refractivity contribution in [3.63, 3.8) is 0 Å². The number of aliphatic imine (C=N–C) groups is 1. The van der Waals surface area contributed by atoms with E-state index in [-0.39, 0.29) is 5.69 Å². The van der Waals surface area contributed by atoms with Crippen molar-refractivity contribution < 1.29 is 4.74 Å². The van der Waals surface area contributed by atoms with Crippen LogP contribution in [0, 0.1) is 0 Å². The lowest BCUT2D eigenvalue weighted by atomic mass is 10.0. The molecule has 32 heavy (non-hydrogen) atoms. The van der Waals surface area contributed by atoms with Crippen LogP contribution in [0.15, 0.2) is 88.6 Å². The van der Waals surface area contributed by atoms with Gasteiger partial charge >= 0.3 is 5.69 Å². The quantitative estimate of drug-likeness (QED) is 0.652. The van der Waals surface area contributed by atoms with Gasteiger partial charge in [0.15, 0.2) is 0 Å². The maximum atomic E-state index is 12.8. The Morgan fingerprint density at radius 3 is 2.66 bits per heavy atom. The van der Waals surface area contributed by atoms with E-state index in [0.29, 0.717) is 12.4 Å². The van der Waals surface area contributed by atoms with Crippen molar-refractivity contribution >= 4 is 11.4 Å². The number of allylic oxidation sites excluding steroid dienone is 3. The summed E-state index contributed by atoms with van der Waals surface area (Å²) < 4.78 is 8.53. The van der Waals surface area contributed by atoms with Gasteiger partial charge in [0.05, 0.1) is 25.0 Å². The molecule has 0 radical (unpaired) electrons. The third-order valence-electron chi connectivity index (χ3n) is 5.38. The van der Waals surface area contributed by atoms with Gasteiger partial charge in [-0.15, -0.1) is 0 Å². The van der Waals surface area contributed by atoms with Crippen LogP contribution in [-0.2, 0) is 13.6 Å². The fourth-order valence-electron chi connectivity index (χ4n) is 3.60. The molecule has 4 rings (SSSR count). The second-order valence-electron chi connectivity index (χ2n) is 7.45. The van der Waals surface area contributed by atoms with E-state index in [0.717, 1.165) is 39.4 Å². The van der Waals surface area contributed by atoms with Crippen molar-refractivity contribution in [1.29, 1.82) is 0 Å². The molecule has 0 saturated heterocycles. The third-order valence-corrected chi connectivity index (χ3v) is 5.38. The number of nitrogens with zero attached hydrogens (tertiary/aromatic N) is 4. The molecule has 162 valence electrons. The Balaban J connectivity index is 1.71. The maximum Gasteiger partial charge on any atom is 0.328 e. The Hall–Kier alpha value is -4.13. The third kappa shape index (κ3) is 4.18. The number of amidine groups is 1. The number of nitrogens with two attached hydrogens (primary N) is 1. The number of hydrogen-bond donors (Lipinski definition) is 1. The van der Waals surface area contributed by atoms with E-state index < -0.39 is 0 Å². The standard InChI is InChI=1S/C25H25N5O2/c1-4-18(13-20-10-12-28-24(20)26)19-9-11-27-22(14-19)23-16-29(2)25(31)30(23)15-17-5-7-21(32-3)8-6-17/h4-14,16H,15H2,1-3H3,(H2,26,28)/b18-4+,20-13-. The molecule has 0 unspecified atom stereocenters. The predicted octanol–water partition coefficient (Wildman–Crippen LogP) is 3.52. The first-order valence-corrected chi connectivity index (χ1v) is 10.2. The number of pyridine rings is 1. The Kier molecular flexibility index (Phi) is 5.89. The van der Waals surface area contributed by atoms with Crippen LogP contribution in [0.2, 0.25) is 0 Å². The fraction of sp³-hybridized carbons (Fsp3) is 0.160. The van der Waals surface area contributed by atoms with E-state index in [2.05, 4.69) is 9.98 Å². The van der Waals surface area contributed by atoms with Gasteiger partial charge in [0, 0.05) is 31.2 Å². The topological polar surface area (TPSA) is 87.4 Å². The lowest BCUT2D eigenvalue weighted by molar-refractivity contribution is 0.414. The normalized spacial score (nSPS) is 14.8. The van der Waals surface area contributed by atoms with Gasteiger partial charge in [0.1, 0.15) is 11.6 Å². The lowest BCUT2D eigenvalue weighted by Gasteiger charge is -2.10. The molecular formula is C25H25N5O2. The summed E-state index contributed by atoms with van der Waals surface area (Å²) in [6, 6.07) is 11.6. The van der Waals surface area contributed by atoms with Crippen LogP contribution in [0.4, 0.5) is 0 Å². The molecule has 1 aliphatic heterocycles. The van der Waals surface area contributed by atoms with Crippen molar-refractivity contribution in [2.24, 2.45) is 17.8 Å². The smallest absolute Gasteiger partial charge is 0.328 e. The highest BCUT2D eigenvalue weighted by Crippen LogP contribution is 2.24. The van der Waals surface area contributed by atoms with Crippen LogP contribution in [0.3, 0.4) is 0 Å². The SMILES string of the molecule is C/C=C(\C=C1\C=CN=C1N)c1ccnc(-c2cn(C)c(=O)n2Cc2ccc(OC)cc2)c1. The number of aryl methyl sites for hydroxylation is 1. The van der Waals surface area contributed by atoms with E-state index in [1.165, 1.54) is 0 Å². The summed E-state index contributed by atoms with van der Waals surface area (Å²) >= 11 is 0. The number of rotatable bonds is 6. The number of methoxy groups -OCH3 is 1. The summed E-state index contributed by atoms with van der Waals surface area (Å²) in [6.45, 7) is 2.41. The molecular weight excluding hydrogens is 402 g/mol. The maximum absolute atomic E-state index is 12.8. The highest BCUT2D eigenvalue weighted by atomic mass is 16.5. The molecule has 0 spiro atoms. The van der Waals surface area contributed by atoms with Gasteiger partial charge in [-0.25, -0.2) is 9.79 Å². The van der Waals surface area contributed by atoms with Crippen LogP contribution < -0.4 is 16.2 Å². The van der Waals surface area contributed by atoms with Gasteiger partial charge in [0.25, 0.3) is 0 Å². The highest BCUT2D eigenvalue weighted by Gasteiger charge is 2.14. The van der Waals surface area contributed by atoms with Crippen LogP contribution in [0.25, 0.3) is 17.0 Å². The largest absolute Gasteiger partial charge is 0.497 e. The van der Waals surface area contributed by atoms with Gasteiger partial charge in [-0.3, -0.25) is 9.55 Å². The summed E-state index contributed by atoms with van der Waals surface area (Å²) in [6.07, 6.45) is 11.1. The van der Waals surface area contributed by atoms with E-state index in [4.69, 9.17) is 10.5 Å². The summed E-state index contributed by atoms with van der Waals surface area (Å²) in [7, 11) is 3.38. The Bertz CT molecular complexity index is 1320. The molecule has 3 aromatic rings. The zero-order valence-electron chi connectivity index (χ0n) is 18.3. The molecule has 7 heteroatoms. The van der Waals surface area contributed by atoms with Crippen molar-refractivity contribution in [3.8, 4) is 17.1 Å². The minimum atomic E-state index is -0.100. The molecule has 0 amide bonds. The van der Waals surface area contributed by atoms with E-state index >= 15 is 0 Å².